The van der Waals surface area contributed by atoms with E-state index in [1.54, 1.807) is 20.8 Å². The van der Waals surface area contributed by atoms with Crippen molar-refractivity contribution >= 4 is 35.1 Å². The highest BCUT2D eigenvalue weighted by Crippen LogP contribution is 2.41. The minimum atomic E-state index is -1.04. The minimum absolute atomic E-state index is 0.291. The predicted molar refractivity (Wildman–Crippen MR) is 139 cm³/mol. The quantitative estimate of drug-likeness (QED) is 0.289. The average Bonchev–Trinajstić information content (AvgIpc) is 2.89. The number of ether oxygens (including phenoxy) is 1. The van der Waals surface area contributed by atoms with Gasteiger partial charge in [-0.25, -0.2) is 0 Å². The Labute approximate surface area is 211 Å². The number of esters is 1. The van der Waals surface area contributed by atoms with Crippen LogP contribution in [0.1, 0.15) is 64.6 Å². The summed E-state index contributed by atoms with van der Waals surface area (Å²) in [5.74, 6) is -1.31. The van der Waals surface area contributed by atoms with Crippen LogP contribution in [0.25, 0.3) is 17.0 Å². The highest BCUT2D eigenvalue weighted by Gasteiger charge is 2.43. The van der Waals surface area contributed by atoms with Gasteiger partial charge in [0.1, 0.15) is 6.29 Å². The van der Waals surface area contributed by atoms with Gasteiger partial charge in [0, 0.05) is 11.1 Å². The second kappa shape index (κ2) is 12.0. The summed E-state index contributed by atoms with van der Waals surface area (Å²) in [5, 5.41) is 6.77. The lowest BCUT2D eigenvalue weighted by Crippen LogP contribution is -2.47. The largest absolute Gasteiger partial charge is 0.451 e. The second-order valence-electron chi connectivity index (χ2n) is 9.94. The van der Waals surface area contributed by atoms with Gasteiger partial charge < -0.3 is 14.8 Å². The number of rotatable bonds is 10. The van der Waals surface area contributed by atoms with E-state index in [-0.39, 0.29) is 12.0 Å². The first-order valence-corrected chi connectivity index (χ1v) is 12.6. The Morgan fingerprint density at radius 1 is 1.19 bits per heavy atom. The van der Waals surface area contributed by atoms with Crippen LogP contribution in [0.3, 0.4) is 0 Å². The number of aromatic nitrogens is 1. The number of amides is 1. The summed E-state index contributed by atoms with van der Waals surface area (Å²) < 4.78 is 5.78. The molecule has 2 atom stereocenters. The van der Waals surface area contributed by atoms with Crippen molar-refractivity contribution in [3.63, 3.8) is 0 Å². The van der Waals surface area contributed by atoms with Crippen molar-refractivity contribution in [2.75, 3.05) is 0 Å². The fourth-order valence-corrected chi connectivity index (χ4v) is 4.46. The summed E-state index contributed by atoms with van der Waals surface area (Å²) in [4.78, 5) is 53.0. The molecule has 0 saturated heterocycles. The Hall–Kier alpha value is -3.42. The molecular weight excluding hydrogens is 458 g/mol. The molecule has 1 heterocycles. The smallest absolute Gasteiger partial charge is 0.316 e. The van der Waals surface area contributed by atoms with Gasteiger partial charge in [0.05, 0.1) is 23.0 Å². The number of carbonyl (C=O) groups excluding carboxylic acids is 3. The standard InChI is InChI=1S/C28H35N3O5/c1-5-22-9-8-21-7-6-20(16-24(21)30-22)10-13-28(14-11-23(31-35)12-15-28)27(34)36-25(18(2)3)26(33)29-19(4)17-32/h6-10,13,16-19,23,25H,5,11-12,14-15H2,1-4H3,(H,29,33)/b13-10+/t19-,23?,25?,28?/m0/s1. The highest BCUT2D eigenvalue weighted by atomic mass is 16.5. The van der Waals surface area contributed by atoms with Crippen molar-refractivity contribution in [3.05, 3.63) is 52.6 Å². The molecule has 1 fully saturated rings. The molecule has 3 rings (SSSR count). The van der Waals surface area contributed by atoms with Crippen LogP contribution in [-0.4, -0.2) is 41.3 Å². The van der Waals surface area contributed by atoms with Crippen molar-refractivity contribution in [2.24, 2.45) is 16.5 Å². The molecule has 8 nitrogen and oxygen atoms in total. The Morgan fingerprint density at radius 2 is 1.89 bits per heavy atom. The Balaban J connectivity index is 1.89. The number of carbonyl (C=O) groups is 3. The van der Waals surface area contributed by atoms with Crippen molar-refractivity contribution in [3.8, 4) is 0 Å². The highest BCUT2D eigenvalue weighted by molar-refractivity contribution is 5.88. The molecule has 2 aromatic rings. The third-order valence-electron chi connectivity index (χ3n) is 6.81. The minimum Gasteiger partial charge on any atom is -0.451 e. The molecule has 1 amide bonds. The van der Waals surface area contributed by atoms with E-state index in [4.69, 9.17) is 4.74 Å². The van der Waals surface area contributed by atoms with E-state index in [1.807, 2.05) is 42.5 Å². The summed E-state index contributed by atoms with van der Waals surface area (Å²) >= 11 is 0. The zero-order chi connectivity index (χ0) is 26.3. The average molecular weight is 494 g/mol. The van der Waals surface area contributed by atoms with Gasteiger partial charge in [-0.15, -0.1) is 0 Å². The summed E-state index contributed by atoms with van der Waals surface area (Å²) in [6.07, 6.45) is 5.85. The number of nitroso groups, excluding NO2 is 1. The summed E-state index contributed by atoms with van der Waals surface area (Å²) in [6.45, 7) is 7.18. The normalized spacial score (nSPS) is 21.8. The van der Waals surface area contributed by atoms with Crippen molar-refractivity contribution in [1.82, 2.24) is 10.3 Å². The summed E-state index contributed by atoms with van der Waals surface area (Å²) in [7, 11) is 0. The number of benzene rings is 1. The summed E-state index contributed by atoms with van der Waals surface area (Å²) in [5.41, 5.74) is 1.79. The van der Waals surface area contributed by atoms with E-state index in [2.05, 4.69) is 22.4 Å². The number of hydrogen-bond acceptors (Lipinski definition) is 7. The lowest BCUT2D eigenvalue weighted by atomic mass is 9.72. The summed E-state index contributed by atoms with van der Waals surface area (Å²) in [6, 6.07) is 8.98. The van der Waals surface area contributed by atoms with E-state index in [0.717, 1.165) is 28.6 Å². The van der Waals surface area contributed by atoms with Gasteiger partial charge in [-0.1, -0.05) is 56.3 Å². The van der Waals surface area contributed by atoms with Gasteiger partial charge in [-0.05, 0) is 62.6 Å². The molecule has 192 valence electrons. The fourth-order valence-electron chi connectivity index (χ4n) is 4.46. The first kappa shape index (κ1) is 27.2. The van der Waals surface area contributed by atoms with Crippen LogP contribution >= 0.6 is 0 Å². The molecule has 1 aromatic heterocycles. The molecule has 0 radical (unpaired) electrons. The fraction of sp³-hybridized carbons (Fsp3) is 0.500. The van der Waals surface area contributed by atoms with Crippen LogP contribution < -0.4 is 5.32 Å². The van der Waals surface area contributed by atoms with Crippen LogP contribution in [0, 0.1) is 16.2 Å². The molecule has 0 bridgehead atoms. The number of nitrogens with one attached hydrogen (secondary N) is 1. The van der Waals surface area contributed by atoms with E-state index < -0.39 is 29.4 Å². The number of fused-ring (bicyclic) bond motifs is 1. The number of aryl methyl sites for hydroxylation is 1. The van der Waals surface area contributed by atoms with Crippen LogP contribution in [0.5, 0.6) is 0 Å². The molecule has 36 heavy (non-hydrogen) atoms. The Morgan fingerprint density at radius 3 is 2.50 bits per heavy atom. The first-order chi connectivity index (χ1) is 17.2. The molecule has 1 unspecified atom stereocenters. The maximum atomic E-state index is 13.6. The van der Waals surface area contributed by atoms with Crippen molar-refractivity contribution < 1.29 is 19.1 Å². The molecule has 1 aliphatic carbocycles. The van der Waals surface area contributed by atoms with E-state index in [9.17, 15) is 19.3 Å². The number of pyridine rings is 1. The van der Waals surface area contributed by atoms with E-state index in [1.165, 1.54) is 0 Å². The van der Waals surface area contributed by atoms with Gasteiger partial charge >= 0.3 is 5.97 Å². The lowest BCUT2D eigenvalue weighted by molar-refractivity contribution is -0.168. The zero-order valence-electron chi connectivity index (χ0n) is 21.4. The second-order valence-corrected chi connectivity index (χ2v) is 9.94. The molecule has 1 saturated carbocycles. The molecule has 0 spiro atoms. The van der Waals surface area contributed by atoms with Crippen LogP contribution in [0.2, 0.25) is 0 Å². The van der Waals surface area contributed by atoms with Crippen LogP contribution in [0.15, 0.2) is 41.6 Å². The van der Waals surface area contributed by atoms with Crippen LogP contribution in [0.4, 0.5) is 0 Å². The molecule has 1 aromatic carbocycles. The number of hydrogen-bond donors (Lipinski definition) is 1. The van der Waals surface area contributed by atoms with E-state index >= 15 is 0 Å². The zero-order valence-corrected chi connectivity index (χ0v) is 21.4. The number of nitrogens with zero attached hydrogens (tertiary/aromatic N) is 2. The van der Waals surface area contributed by atoms with Gasteiger partial charge in [0.2, 0.25) is 0 Å². The molecule has 0 aliphatic heterocycles. The van der Waals surface area contributed by atoms with Crippen LogP contribution in [-0.2, 0) is 25.5 Å². The SMILES string of the molecule is CCc1ccc2ccc(/C=C/C3(C(=O)OC(C(=O)N[C@@H](C)C=O)C(C)C)CCC(N=O)CC3)cc2n1. The Bertz CT molecular complexity index is 1140. The van der Waals surface area contributed by atoms with Gasteiger partial charge in [0.15, 0.2) is 6.10 Å². The molecular formula is C28H35N3O5. The third-order valence-corrected chi connectivity index (χ3v) is 6.81. The maximum absolute atomic E-state index is 13.6. The maximum Gasteiger partial charge on any atom is 0.316 e. The molecule has 8 heteroatoms. The van der Waals surface area contributed by atoms with Crippen molar-refractivity contribution in [1.29, 1.82) is 0 Å². The third kappa shape index (κ3) is 6.42. The monoisotopic (exact) mass is 493 g/mol. The first-order valence-electron chi connectivity index (χ1n) is 12.6. The number of aldehydes is 1. The topological polar surface area (TPSA) is 115 Å². The van der Waals surface area contributed by atoms with Gasteiger partial charge in [-0.2, -0.15) is 4.91 Å². The van der Waals surface area contributed by atoms with Gasteiger partial charge in [-0.3, -0.25) is 14.6 Å². The lowest BCUT2D eigenvalue weighted by Gasteiger charge is -2.35. The predicted octanol–water partition coefficient (Wildman–Crippen LogP) is 4.78. The van der Waals surface area contributed by atoms with Crippen molar-refractivity contribution in [2.45, 2.75) is 78.0 Å². The molecule has 1 N–H and O–H groups in total. The van der Waals surface area contributed by atoms with Gasteiger partial charge in [0.25, 0.3) is 5.91 Å². The van der Waals surface area contributed by atoms with E-state index in [0.29, 0.717) is 32.0 Å². The Kier molecular flexibility index (Phi) is 9.07. The molecule has 1 aliphatic rings.